The first-order chi connectivity index (χ1) is 13.1. The van der Waals surface area contributed by atoms with E-state index in [9.17, 15) is 13.6 Å². The molecule has 1 saturated heterocycles. The van der Waals surface area contributed by atoms with Crippen LogP contribution in [0.15, 0.2) is 54.7 Å². The zero-order valence-corrected chi connectivity index (χ0v) is 14.3. The second-order valence-electron chi connectivity index (χ2n) is 6.25. The number of hydrogen-bond acceptors (Lipinski definition) is 4. The van der Waals surface area contributed by atoms with Gasteiger partial charge in [-0.25, -0.2) is 13.5 Å². The van der Waals surface area contributed by atoms with Crippen LogP contribution in [0.1, 0.15) is 22.1 Å². The third-order valence-corrected chi connectivity index (χ3v) is 4.39. The Morgan fingerprint density at radius 2 is 1.78 bits per heavy atom. The number of carbonyl (C=O) groups excluding carboxylic acids is 1. The molecule has 27 heavy (non-hydrogen) atoms. The summed E-state index contributed by atoms with van der Waals surface area (Å²) in [6.07, 6.45) is 1.75. The van der Waals surface area contributed by atoms with E-state index in [-0.39, 0.29) is 12.6 Å². The van der Waals surface area contributed by atoms with Gasteiger partial charge in [-0.15, -0.1) is 5.10 Å². The van der Waals surface area contributed by atoms with Gasteiger partial charge >= 0.3 is 0 Å². The van der Waals surface area contributed by atoms with Crippen LogP contribution >= 0.6 is 0 Å². The highest BCUT2D eigenvalue weighted by Crippen LogP contribution is 2.25. The summed E-state index contributed by atoms with van der Waals surface area (Å²) < 4.78 is 34.7. The zero-order chi connectivity index (χ0) is 18.8. The largest absolute Gasteiger partial charge is 0.487 e. The maximum Gasteiger partial charge on any atom is 0.259 e. The van der Waals surface area contributed by atoms with Gasteiger partial charge in [0.05, 0.1) is 12.2 Å². The molecule has 2 heterocycles. The van der Waals surface area contributed by atoms with Gasteiger partial charge in [0.15, 0.2) is 0 Å². The van der Waals surface area contributed by atoms with Crippen LogP contribution in [0, 0.1) is 11.6 Å². The quantitative estimate of drug-likeness (QED) is 0.693. The second kappa shape index (κ2) is 7.14. The van der Waals surface area contributed by atoms with Gasteiger partial charge in [0.25, 0.3) is 5.91 Å². The minimum Gasteiger partial charge on any atom is -0.487 e. The van der Waals surface area contributed by atoms with Crippen molar-refractivity contribution in [1.29, 1.82) is 0 Å². The second-order valence-corrected chi connectivity index (χ2v) is 6.25. The van der Waals surface area contributed by atoms with Crippen molar-refractivity contribution < 1.29 is 18.3 Å². The van der Waals surface area contributed by atoms with E-state index in [0.717, 1.165) is 17.9 Å². The fourth-order valence-electron chi connectivity index (χ4n) is 2.88. The third kappa shape index (κ3) is 3.51. The monoisotopic (exact) mass is 370 g/mol. The summed E-state index contributed by atoms with van der Waals surface area (Å²) in [5.41, 5.74) is 0.135. The van der Waals surface area contributed by atoms with Crippen LogP contribution in [-0.2, 0) is 6.61 Å². The Balaban J connectivity index is 1.35. The zero-order valence-electron chi connectivity index (χ0n) is 14.3. The van der Waals surface area contributed by atoms with Crippen LogP contribution in [-0.4, -0.2) is 38.9 Å². The van der Waals surface area contributed by atoms with Gasteiger partial charge in [0.2, 0.25) is 0 Å². The third-order valence-electron chi connectivity index (χ3n) is 4.39. The molecule has 6 nitrogen and oxygen atoms in total. The molecule has 0 atom stereocenters. The van der Waals surface area contributed by atoms with Crippen molar-refractivity contribution in [3.8, 4) is 5.75 Å². The van der Waals surface area contributed by atoms with Crippen LogP contribution < -0.4 is 4.74 Å². The smallest absolute Gasteiger partial charge is 0.259 e. The number of benzene rings is 2. The first kappa shape index (κ1) is 17.1. The molecular weight excluding hydrogens is 354 g/mol. The Hall–Kier alpha value is -3.29. The SMILES string of the molecule is O=C(c1c(F)cccc1F)N1CC(n2cc(COc3ccccc3)nn2)C1. The highest BCUT2D eigenvalue weighted by Gasteiger charge is 2.35. The minimum absolute atomic E-state index is 0.0817. The standard InChI is InChI=1S/C19H16F2N4O2/c20-16-7-4-8-17(21)18(16)19(26)24-10-14(11-24)25-9-13(22-23-25)12-27-15-5-2-1-3-6-15/h1-9,14H,10-12H2. The van der Waals surface area contributed by atoms with Crippen molar-refractivity contribution in [2.45, 2.75) is 12.6 Å². The van der Waals surface area contributed by atoms with E-state index in [4.69, 9.17) is 4.74 Å². The van der Waals surface area contributed by atoms with Gasteiger partial charge in [-0.3, -0.25) is 4.79 Å². The van der Waals surface area contributed by atoms with E-state index in [0.29, 0.717) is 18.8 Å². The summed E-state index contributed by atoms with van der Waals surface area (Å²) in [6, 6.07) is 12.7. The van der Waals surface area contributed by atoms with Crippen molar-refractivity contribution in [1.82, 2.24) is 19.9 Å². The summed E-state index contributed by atoms with van der Waals surface area (Å²) >= 11 is 0. The number of nitrogens with zero attached hydrogens (tertiary/aromatic N) is 4. The van der Waals surface area contributed by atoms with Crippen molar-refractivity contribution in [2.24, 2.45) is 0 Å². The first-order valence-corrected chi connectivity index (χ1v) is 8.43. The molecule has 8 heteroatoms. The lowest BCUT2D eigenvalue weighted by Crippen LogP contribution is -2.51. The predicted molar refractivity (Wildman–Crippen MR) is 92.1 cm³/mol. The lowest BCUT2D eigenvalue weighted by Gasteiger charge is -2.38. The van der Waals surface area contributed by atoms with Gasteiger partial charge in [-0.2, -0.15) is 0 Å². The van der Waals surface area contributed by atoms with Crippen molar-refractivity contribution in [2.75, 3.05) is 13.1 Å². The number of hydrogen-bond donors (Lipinski definition) is 0. The summed E-state index contributed by atoms with van der Waals surface area (Å²) in [5, 5.41) is 8.11. The highest BCUT2D eigenvalue weighted by atomic mass is 19.1. The molecule has 138 valence electrons. The molecule has 0 aliphatic carbocycles. The van der Waals surface area contributed by atoms with Crippen molar-refractivity contribution in [3.05, 3.63) is 77.6 Å². The molecule has 0 N–H and O–H groups in total. The molecule has 1 aliphatic heterocycles. The molecule has 4 rings (SSSR count). The molecule has 1 amide bonds. The lowest BCUT2D eigenvalue weighted by atomic mass is 10.1. The summed E-state index contributed by atoms with van der Waals surface area (Å²) in [7, 11) is 0. The fraction of sp³-hybridized carbons (Fsp3) is 0.211. The lowest BCUT2D eigenvalue weighted by molar-refractivity contribution is 0.0488. The fourth-order valence-corrected chi connectivity index (χ4v) is 2.88. The number of carbonyl (C=O) groups is 1. The van der Waals surface area contributed by atoms with Crippen LogP contribution in [0.4, 0.5) is 8.78 Å². The number of para-hydroxylation sites is 1. The van der Waals surface area contributed by atoms with E-state index in [2.05, 4.69) is 10.3 Å². The maximum absolute atomic E-state index is 13.7. The Kier molecular flexibility index (Phi) is 4.53. The van der Waals surface area contributed by atoms with Crippen molar-refractivity contribution >= 4 is 5.91 Å². The summed E-state index contributed by atoms with van der Waals surface area (Å²) in [5.74, 6) is -1.64. The summed E-state index contributed by atoms with van der Waals surface area (Å²) in [4.78, 5) is 13.7. The van der Waals surface area contributed by atoms with Gasteiger partial charge in [0.1, 0.15) is 35.2 Å². The topological polar surface area (TPSA) is 60.2 Å². The molecule has 0 unspecified atom stereocenters. The molecule has 0 saturated carbocycles. The highest BCUT2D eigenvalue weighted by molar-refractivity contribution is 5.95. The molecule has 0 spiro atoms. The van der Waals surface area contributed by atoms with Crippen LogP contribution in [0.5, 0.6) is 5.75 Å². The van der Waals surface area contributed by atoms with E-state index in [1.807, 2.05) is 30.3 Å². The van der Waals surface area contributed by atoms with E-state index in [1.54, 1.807) is 10.9 Å². The summed E-state index contributed by atoms with van der Waals surface area (Å²) in [6.45, 7) is 0.906. The Labute approximate surface area is 154 Å². The van der Waals surface area contributed by atoms with E-state index in [1.165, 1.54) is 11.0 Å². The number of likely N-dealkylation sites (tertiary alicyclic amines) is 1. The first-order valence-electron chi connectivity index (χ1n) is 8.43. The minimum atomic E-state index is -0.857. The van der Waals surface area contributed by atoms with Gasteiger partial charge < -0.3 is 9.64 Å². The molecule has 1 aliphatic rings. The number of aromatic nitrogens is 3. The van der Waals surface area contributed by atoms with Crippen LogP contribution in [0.25, 0.3) is 0 Å². The average Bonchev–Trinajstić information content (AvgIpc) is 3.08. The molecular formula is C19H16F2N4O2. The Bertz CT molecular complexity index is 935. The molecule has 0 bridgehead atoms. The van der Waals surface area contributed by atoms with Crippen molar-refractivity contribution in [3.63, 3.8) is 0 Å². The average molecular weight is 370 g/mol. The number of amides is 1. The molecule has 1 fully saturated rings. The maximum atomic E-state index is 13.7. The Morgan fingerprint density at radius 3 is 2.48 bits per heavy atom. The normalized spacial score (nSPS) is 14.1. The molecule has 1 aromatic heterocycles. The molecule has 0 radical (unpaired) electrons. The number of ether oxygens (including phenoxy) is 1. The van der Waals surface area contributed by atoms with Gasteiger partial charge in [0, 0.05) is 13.1 Å². The molecule has 3 aromatic rings. The van der Waals surface area contributed by atoms with Gasteiger partial charge in [-0.05, 0) is 24.3 Å². The number of rotatable bonds is 5. The Morgan fingerprint density at radius 1 is 1.07 bits per heavy atom. The number of halogens is 2. The van der Waals surface area contributed by atoms with Gasteiger partial charge in [-0.1, -0.05) is 29.5 Å². The predicted octanol–water partition coefficient (Wildman–Crippen LogP) is 2.83. The van der Waals surface area contributed by atoms with E-state index < -0.39 is 23.1 Å². The molecule has 2 aromatic carbocycles. The van der Waals surface area contributed by atoms with Crippen LogP contribution in [0.3, 0.4) is 0 Å². The van der Waals surface area contributed by atoms with Crippen LogP contribution in [0.2, 0.25) is 0 Å². The van der Waals surface area contributed by atoms with E-state index >= 15 is 0 Å².